The van der Waals surface area contributed by atoms with Crippen molar-refractivity contribution in [1.29, 1.82) is 0 Å². The van der Waals surface area contributed by atoms with E-state index in [2.05, 4.69) is 22.4 Å². The molecule has 0 spiro atoms. The smallest absolute Gasteiger partial charge is 0.145 e. The van der Waals surface area contributed by atoms with Crippen LogP contribution < -0.4 is 10.1 Å². The normalized spacial score (nSPS) is 19.6. The van der Waals surface area contributed by atoms with Crippen molar-refractivity contribution in [1.82, 2.24) is 10.3 Å². The van der Waals surface area contributed by atoms with Crippen molar-refractivity contribution in [2.75, 3.05) is 19.7 Å². The highest BCUT2D eigenvalue weighted by atomic mass is 16.5. The molecule has 2 heterocycles. The lowest BCUT2D eigenvalue weighted by atomic mass is 10.1. The van der Waals surface area contributed by atoms with E-state index in [9.17, 15) is 0 Å². The Hall–Kier alpha value is -1.61. The van der Waals surface area contributed by atoms with Gasteiger partial charge in [-0.3, -0.25) is 4.98 Å². The van der Waals surface area contributed by atoms with Crippen LogP contribution in [0.15, 0.2) is 36.5 Å². The van der Waals surface area contributed by atoms with Crippen LogP contribution in [-0.2, 0) is 0 Å². The lowest BCUT2D eigenvalue weighted by molar-refractivity contribution is 0.262. The molecule has 0 radical (unpaired) electrons. The minimum Gasteiger partial charge on any atom is -0.491 e. The van der Waals surface area contributed by atoms with Crippen LogP contribution in [0.1, 0.15) is 6.42 Å². The highest BCUT2D eigenvalue weighted by molar-refractivity contribution is 5.84. The quantitative estimate of drug-likeness (QED) is 0.874. The molecule has 0 saturated carbocycles. The molecule has 1 atom stereocenters. The lowest BCUT2D eigenvalue weighted by Crippen LogP contribution is -2.15. The second kappa shape index (κ2) is 4.72. The van der Waals surface area contributed by atoms with Crippen LogP contribution >= 0.6 is 0 Å². The summed E-state index contributed by atoms with van der Waals surface area (Å²) < 4.78 is 5.90. The molecule has 0 bridgehead atoms. The topological polar surface area (TPSA) is 34.1 Å². The number of hydrogen-bond acceptors (Lipinski definition) is 3. The van der Waals surface area contributed by atoms with Crippen molar-refractivity contribution >= 4 is 10.9 Å². The highest BCUT2D eigenvalue weighted by Gasteiger charge is 2.15. The second-order valence-corrected chi connectivity index (χ2v) is 4.50. The number of pyridine rings is 1. The molecule has 1 aromatic carbocycles. The summed E-state index contributed by atoms with van der Waals surface area (Å²) in [7, 11) is 0. The number of benzene rings is 1. The van der Waals surface area contributed by atoms with Gasteiger partial charge < -0.3 is 10.1 Å². The molecule has 3 nitrogen and oxygen atoms in total. The fourth-order valence-electron chi connectivity index (χ4n) is 2.26. The van der Waals surface area contributed by atoms with Gasteiger partial charge in [0.25, 0.3) is 0 Å². The van der Waals surface area contributed by atoms with Crippen LogP contribution in [0.5, 0.6) is 5.75 Å². The summed E-state index contributed by atoms with van der Waals surface area (Å²) in [6, 6.07) is 10.1. The molecule has 3 heteroatoms. The van der Waals surface area contributed by atoms with E-state index in [1.807, 2.05) is 24.4 Å². The zero-order valence-electron chi connectivity index (χ0n) is 9.73. The van der Waals surface area contributed by atoms with Crippen LogP contribution in [0.4, 0.5) is 0 Å². The Labute approximate surface area is 101 Å². The number of aromatic nitrogens is 1. The standard InChI is InChI=1S/C14H16N2O/c1-3-12-4-2-7-16-14(12)13(5-1)17-10-11-6-8-15-9-11/h1-5,7,11,15H,6,8-10H2/t11-/m0/s1. The van der Waals surface area contributed by atoms with Gasteiger partial charge in [-0.15, -0.1) is 0 Å². The minimum absolute atomic E-state index is 0.633. The zero-order chi connectivity index (χ0) is 11.5. The first-order valence-corrected chi connectivity index (χ1v) is 6.11. The zero-order valence-corrected chi connectivity index (χ0v) is 9.73. The fraction of sp³-hybridized carbons (Fsp3) is 0.357. The average Bonchev–Trinajstić information content (AvgIpc) is 2.89. The number of nitrogens with one attached hydrogen (secondary N) is 1. The molecule has 1 aromatic heterocycles. The third-order valence-corrected chi connectivity index (χ3v) is 3.23. The number of ether oxygens (including phenoxy) is 1. The van der Waals surface area contributed by atoms with Crippen molar-refractivity contribution in [2.45, 2.75) is 6.42 Å². The van der Waals surface area contributed by atoms with Gasteiger partial charge in [0.15, 0.2) is 0 Å². The van der Waals surface area contributed by atoms with Gasteiger partial charge in [0.1, 0.15) is 11.3 Å². The Morgan fingerprint density at radius 3 is 3.12 bits per heavy atom. The lowest BCUT2D eigenvalue weighted by Gasteiger charge is -2.12. The van der Waals surface area contributed by atoms with Crippen molar-refractivity contribution in [3.05, 3.63) is 36.5 Å². The minimum atomic E-state index is 0.633. The van der Waals surface area contributed by atoms with Gasteiger partial charge in [-0.2, -0.15) is 0 Å². The van der Waals surface area contributed by atoms with Gasteiger partial charge in [-0.1, -0.05) is 18.2 Å². The molecule has 1 saturated heterocycles. The van der Waals surface area contributed by atoms with E-state index in [1.165, 1.54) is 6.42 Å². The molecule has 1 aliphatic rings. The van der Waals surface area contributed by atoms with Crippen LogP contribution in [-0.4, -0.2) is 24.7 Å². The number of nitrogens with zero attached hydrogens (tertiary/aromatic N) is 1. The summed E-state index contributed by atoms with van der Waals surface area (Å²) >= 11 is 0. The number of fused-ring (bicyclic) bond motifs is 1. The van der Waals surface area contributed by atoms with Gasteiger partial charge in [-0.25, -0.2) is 0 Å². The van der Waals surface area contributed by atoms with E-state index in [4.69, 9.17) is 4.74 Å². The Morgan fingerprint density at radius 1 is 1.29 bits per heavy atom. The van der Waals surface area contributed by atoms with Crippen molar-refractivity contribution < 1.29 is 4.74 Å². The Bertz CT molecular complexity index is 501. The third kappa shape index (κ3) is 2.24. The molecular weight excluding hydrogens is 212 g/mol. The van der Waals surface area contributed by atoms with Gasteiger partial charge in [0.05, 0.1) is 6.61 Å². The van der Waals surface area contributed by atoms with Crippen molar-refractivity contribution in [2.24, 2.45) is 5.92 Å². The fourth-order valence-corrected chi connectivity index (χ4v) is 2.26. The first kappa shape index (κ1) is 10.5. The highest BCUT2D eigenvalue weighted by Crippen LogP contribution is 2.23. The summed E-state index contributed by atoms with van der Waals surface area (Å²) in [5, 5.41) is 4.48. The molecule has 17 heavy (non-hydrogen) atoms. The maximum atomic E-state index is 5.90. The maximum Gasteiger partial charge on any atom is 0.145 e. The maximum absolute atomic E-state index is 5.90. The molecule has 88 valence electrons. The SMILES string of the molecule is c1cnc2c(OC[C@H]3CCNC3)cccc2c1. The van der Waals surface area contributed by atoms with E-state index in [-0.39, 0.29) is 0 Å². The average molecular weight is 228 g/mol. The van der Waals surface area contributed by atoms with E-state index >= 15 is 0 Å². The van der Waals surface area contributed by atoms with Gasteiger partial charge in [0, 0.05) is 24.0 Å². The number of para-hydroxylation sites is 1. The molecule has 0 aliphatic carbocycles. The van der Waals surface area contributed by atoms with Crippen LogP contribution in [0.25, 0.3) is 10.9 Å². The monoisotopic (exact) mass is 228 g/mol. The van der Waals surface area contributed by atoms with E-state index in [0.29, 0.717) is 5.92 Å². The van der Waals surface area contributed by atoms with Crippen LogP contribution in [0.2, 0.25) is 0 Å². The summed E-state index contributed by atoms with van der Waals surface area (Å²) in [6.45, 7) is 2.96. The Balaban J connectivity index is 1.79. The predicted octanol–water partition coefficient (Wildman–Crippen LogP) is 2.22. The molecular formula is C14H16N2O. The van der Waals surface area contributed by atoms with Crippen molar-refractivity contribution in [3.8, 4) is 5.75 Å². The van der Waals surface area contributed by atoms with E-state index in [1.54, 1.807) is 0 Å². The van der Waals surface area contributed by atoms with Crippen LogP contribution in [0, 0.1) is 5.92 Å². The largest absolute Gasteiger partial charge is 0.491 e. The van der Waals surface area contributed by atoms with Gasteiger partial charge in [0.2, 0.25) is 0 Å². The predicted molar refractivity (Wildman–Crippen MR) is 68.2 cm³/mol. The molecule has 1 N–H and O–H groups in total. The molecule has 0 unspecified atom stereocenters. The van der Waals surface area contributed by atoms with E-state index in [0.717, 1.165) is 36.3 Å². The number of rotatable bonds is 3. The molecule has 2 aromatic rings. The first-order chi connectivity index (χ1) is 8.43. The molecule has 0 amide bonds. The number of hydrogen-bond donors (Lipinski definition) is 1. The first-order valence-electron chi connectivity index (χ1n) is 6.11. The molecule has 1 fully saturated rings. The summed E-state index contributed by atoms with van der Waals surface area (Å²) in [6.07, 6.45) is 3.02. The Kier molecular flexibility index (Phi) is 2.92. The van der Waals surface area contributed by atoms with Crippen molar-refractivity contribution in [3.63, 3.8) is 0 Å². The Morgan fingerprint density at radius 2 is 2.24 bits per heavy atom. The summed E-state index contributed by atoms with van der Waals surface area (Å²) in [4.78, 5) is 4.39. The molecule has 1 aliphatic heterocycles. The summed E-state index contributed by atoms with van der Waals surface area (Å²) in [5.41, 5.74) is 0.959. The third-order valence-electron chi connectivity index (χ3n) is 3.23. The molecule has 3 rings (SSSR count). The second-order valence-electron chi connectivity index (χ2n) is 4.50. The van der Waals surface area contributed by atoms with E-state index < -0.39 is 0 Å². The van der Waals surface area contributed by atoms with Crippen LogP contribution in [0.3, 0.4) is 0 Å². The van der Waals surface area contributed by atoms with Gasteiger partial charge >= 0.3 is 0 Å². The summed E-state index contributed by atoms with van der Waals surface area (Å²) in [5.74, 6) is 1.53. The van der Waals surface area contributed by atoms with Gasteiger partial charge in [-0.05, 0) is 25.1 Å².